The number of hydrogen-bond donors (Lipinski definition) is 1. The third-order valence-electron chi connectivity index (χ3n) is 3.79. The summed E-state index contributed by atoms with van der Waals surface area (Å²) in [5, 5.41) is 10.2. The van der Waals surface area contributed by atoms with E-state index in [0.29, 0.717) is 35.3 Å². The van der Waals surface area contributed by atoms with E-state index in [1.165, 1.54) is 13.2 Å². The minimum absolute atomic E-state index is 0.101. The maximum Gasteiger partial charge on any atom is 0.339 e. The van der Waals surface area contributed by atoms with Crippen molar-refractivity contribution in [2.24, 2.45) is 5.41 Å². The van der Waals surface area contributed by atoms with Crippen LogP contribution in [0.4, 0.5) is 0 Å². The Kier molecular flexibility index (Phi) is 3.26. The number of fused-ring (bicyclic) bond motifs is 1. The molecule has 20 heavy (non-hydrogen) atoms. The fourth-order valence-corrected chi connectivity index (χ4v) is 2.48. The lowest BCUT2D eigenvalue weighted by molar-refractivity contribution is -0.150. The summed E-state index contributed by atoms with van der Waals surface area (Å²) in [6.07, 6.45) is 0.775. The van der Waals surface area contributed by atoms with Crippen molar-refractivity contribution >= 4 is 17.6 Å². The summed E-state index contributed by atoms with van der Waals surface area (Å²) in [7, 11) is 1.22. The molecule has 1 fully saturated rings. The molecule has 1 aliphatic carbocycles. The monoisotopic (exact) mass is 298 g/mol. The van der Waals surface area contributed by atoms with Crippen LogP contribution in [0.2, 0.25) is 5.02 Å². The molecular weight excluding hydrogens is 284 g/mol. The molecule has 108 valence electrons. The summed E-state index contributed by atoms with van der Waals surface area (Å²) in [5.41, 5.74) is 0.430. The van der Waals surface area contributed by atoms with Crippen molar-refractivity contribution in [2.75, 3.05) is 20.3 Å². The van der Waals surface area contributed by atoms with Gasteiger partial charge in [0.1, 0.15) is 0 Å². The van der Waals surface area contributed by atoms with E-state index in [9.17, 15) is 9.90 Å². The van der Waals surface area contributed by atoms with Crippen molar-refractivity contribution in [3.05, 3.63) is 22.7 Å². The topological polar surface area (TPSA) is 65.0 Å². The number of methoxy groups -OCH3 is 1. The maximum absolute atomic E-state index is 11.4. The third kappa shape index (κ3) is 2.31. The minimum Gasteiger partial charge on any atom is -0.489 e. The molecule has 0 aromatic heterocycles. The molecule has 5 nitrogen and oxygen atoms in total. The van der Waals surface area contributed by atoms with Gasteiger partial charge < -0.3 is 19.3 Å². The molecule has 2 aliphatic rings. The van der Waals surface area contributed by atoms with E-state index in [-0.39, 0.29) is 5.41 Å². The van der Waals surface area contributed by atoms with Crippen LogP contribution in [0.3, 0.4) is 0 Å². The summed E-state index contributed by atoms with van der Waals surface area (Å²) in [5.74, 6) is 0.185. The van der Waals surface area contributed by atoms with Crippen LogP contribution in [-0.4, -0.2) is 31.4 Å². The number of hydrogen-bond acceptors (Lipinski definition) is 5. The highest BCUT2D eigenvalue weighted by atomic mass is 35.5. The zero-order chi connectivity index (χ0) is 14.3. The zero-order valence-electron chi connectivity index (χ0n) is 11.0. The van der Waals surface area contributed by atoms with Crippen molar-refractivity contribution < 1.29 is 24.1 Å². The normalized spacial score (nSPS) is 20.1. The van der Waals surface area contributed by atoms with E-state index in [1.807, 2.05) is 0 Å². The van der Waals surface area contributed by atoms with Gasteiger partial charge in [0.2, 0.25) is 0 Å². The fourth-order valence-electron chi connectivity index (χ4n) is 2.20. The Morgan fingerprint density at radius 3 is 2.75 bits per heavy atom. The molecule has 1 unspecified atom stereocenters. The Morgan fingerprint density at radius 2 is 2.10 bits per heavy atom. The smallest absolute Gasteiger partial charge is 0.339 e. The van der Waals surface area contributed by atoms with Gasteiger partial charge in [0.15, 0.2) is 17.6 Å². The van der Waals surface area contributed by atoms with Crippen molar-refractivity contribution in [3.8, 4) is 11.5 Å². The Bertz CT molecular complexity index is 553. The molecule has 0 radical (unpaired) electrons. The Balaban J connectivity index is 1.92. The number of carbonyl (C=O) groups is 1. The van der Waals surface area contributed by atoms with Crippen LogP contribution in [-0.2, 0) is 9.53 Å². The van der Waals surface area contributed by atoms with Gasteiger partial charge in [-0.2, -0.15) is 0 Å². The van der Waals surface area contributed by atoms with Crippen molar-refractivity contribution in [1.29, 1.82) is 0 Å². The van der Waals surface area contributed by atoms with Crippen LogP contribution < -0.4 is 9.47 Å². The van der Waals surface area contributed by atoms with E-state index in [1.54, 1.807) is 6.07 Å². The number of rotatable bonds is 2. The molecule has 0 saturated heterocycles. The number of esters is 1. The SMILES string of the molecule is COC(=O)C(O)c1cc(Cl)c2c(c1)OCC1(CC1)CO2. The first-order valence-electron chi connectivity index (χ1n) is 6.40. The third-order valence-corrected chi connectivity index (χ3v) is 4.07. The largest absolute Gasteiger partial charge is 0.489 e. The van der Waals surface area contributed by atoms with Crippen molar-refractivity contribution in [3.63, 3.8) is 0 Å². The molecule has 1 N–H and O–H groups in total. The molecule has 1 spiro atoms. The Hall–Kier alpha value is -1.46. The summed E-state index contributed by atoms with van der Waals surface area (Å²) >= 11 is 6.16. The first-order valence-corrected chi connectivity index (χ1v) is 6.77. The molecule has 1 saturated carbocycles. The molecule has 3 rings (SSSR count). The van der Waals surface area contributed by atoms with Gasteiger partial charge in [0, 0.05) is 5.41 Å². The van der Waals surface area contributed by atoms with Gasteiger partial charge in [-0.05, 0) is 30.5 Å². The predicted octanol–water partition coefficient (Wildman–Crippen LogP) is 2.10. The van der Waals surface area contributed by atoms with Gasteiger partial charge in [-0.3, -0.25) is 0 Å². The Morgan fingerprint density at radius 1 is 1.40 bits per heavy atom. The second-order valence-electron chi connectivity index (χ2n) is 5.33. The first-order chi connectivity index (χ1) is 9.54. The molecule has 1 aliphatic heterocycles. The second kappa shape index (κ2) is 4.82. The summed E-state index contributed by atoms with van der Waals surface area (Å²) in [6.45, 7) is 1.15. The quantitative estimate of drug-likeness (QED) is 0.847. The number of carbonyl (C=O) groups excluding carboxylic acids is 1. The lowest BCUT2D eigenvalue weighted by atomic mass is 10.1. The molecule has 0 amide bonds. The summed E-state index contributed by atoms with van der Waals surface area (Å²) in [6, 6.07) is 3.07. The van der Waals surface area contributed by atoms with Crippen molar-refractivity contribution in [1.82, 2.24) is 0 Å². The van der Waals surface area contributed by atoms with Gasteiger partial charge in [-0.1, -0.05) is 11.6 Å². The van der Waals surface area contributed by atoms with E-state index in [0.717, 1.165) is 12.8 Å². The van der Waals surface area contributed by atoms with E-state index in [2.05, 4.69) is 4.74 Å². The van der Waals surface area contributed by atoms with Gasteiger partial charge in [-0.15, -0.1) is 0 Å². The van der Waals surface area contributed by atoms with Crippen LogP contribution in [0, 0.1) is 5.41 Å². The lowest BCUT2D eigenvalue weighted by Gasteiger charge is -2.14. The van der Waals surface area contributed by atoms with E-state index in [4.69, 9.17) is 21.1 Å². The number of aliphatic hydroxyl groups is 1. The number of benzene rings is 1. The highest BCUT2D eigenvalue weighted by molar-refractivity contribution is 6.32. The fraction of sp³-hybridized carbons (Fsp3) is 0.500. The summed E-state index contributed by atoms with van der Waals surface area (Å²) in [4.78, 5) is 11.4. The van der Waals surface area contributed by atoms with Crippen LogP contribution in [0.15, 0.2) is 12.1 Å². The number of ether oxygens (including phenoxy) is 3. The lowest BCUT2D eigenvalue weighted by Crippen LogP contribution is -2.17. The Labute approximate surface area is 121 Å². The van der Waals surface area contributed by atoms with Crippen LogP contribution >= 0.6 is 11.6 Å². The van der Waals surface area contributed by atoms with Crippen LogP contribution in [0.25, 0.3) is 0 Å². The zero-order valence-corrected chi connectivity index (χ0v) is 11.8. The maximum atomic E-state index is 11.4. The van der Waals surface area contributed by atoms with Gasteiger partial charge in [0.05, 0.1) is 25.3 Å². The van der Waals surface area contributed by atoms with Gasteiger partial charge in [0.25, 0.3) is 0 Å². The minimum atomic E-state index is -1.38. The van der Waals surface area contributed by atoms with Crippen LogP contribution in [0.1, 0.15) is 24.5 Å². The molecule has 1 aromatic rings. The first kappa shape index (κ1) is 13.5. The van der Waals surface area contributed by atoms with E-state index < -0.39 is 12.1 Å². The number of aliphatic hydroxyl groups excluding tert-OH is 1. The summed E-state index contributed by atoms with van der Waals surface area (Å²) < 4.78 is 16.0. The van der Waals surface area contributed by atoms with E-state index >= 15 is 0 Å². The molecule has 1 aromatic carbocycles. The van der Waals surface area contributed by atoms with Gasteiger partial charge >= 0.3 is 5.97 Å². The highest BCUT2D eigenvalue weighted by Gasteiger charge is 2.46. The molecule has 1 atom stereocenters. The average molecular weight is 299 g/mol. The molecule has 6 heteroatoms. The molecular formula is C14H15ClO5. The molecule has 1 heterocycles. The standard InChI is InChI=1S/C14H15ClO5/c1-18-13(17)11(16)8-4-9(15)12-10(5-8)19-6-14(2-3-14)7-20-12/h4-5,11,16H,2-3,6-7H2,1H3. The van der Waals surface area contributed by atoms with Crippen LogP contribution in [0.5, 0.6) is 11.5 Å². The highest BCUT2D eigenvalue weighted by Crippen LogP contribution is 2.50. The van der Waals surface area contributed by atoms with Gasteiger partial charge in [-0.25, -0.2) is 4.79 Å². The number of halogens is 1. The molecule has 0 bridgehead atoms. The van der Waals surface area contributed by atoms with Crippen molar-refractivity contribution in [2.45, 2.75) is 18.9 Å². The predicted molar refractivity (Wildman–Crippen MR) is 71.1 cm³/mol. The second-order valence-corrected chi connectivity index (χ2v) is 5.74. The average Bonchev–Trinajstić information content (AvgIpc) is 3.24.